The van der Waals surface area contributed by atoms with Gasteiger partial charge in [-0.2, -0.15) is 0 Å². The van der Waals surface area contributed by atoms with E-state index in [1.165, 1.54) is 0 Å². The van der Waals surface area contributed by atoms with Crippen molar-refractivity contribution in [2.45, 2.75) is 6.54 Å². The lowest BCUT2D eigenvalue weighted by Crippen LogP contribution is -2.51. The Bertz CT molecular complexity index is 272. The smallest absolute Gasteiger partial charge is 0.377 e. The molecule has 0 unspecified atom stereocenters. The summed E-state index contributed by atoms with van der Waals surface area (Å²) < 4.78 is 0. The van der Waals surface area contributed by atoms with E-state index in [1.54, 1.807) is 24.3 Å². The Morgan fingerprint density at radius 3 is 2.15 bits per heavy atom. The van der Waals surface area contributed by atoms with Crippen LogP contribution in [0.4, 0.5) is 0 Å². The van der Waals surface area contributed by atoms with E-state index in [-0.39, 0.29) is 6.54 Å². The van der Waals surface area contributed by atoms with Crippen molar-refractivity contribution >= 4 is 20.6 Å². The largest absolute Gasteiger partial charge is 0.588 e. The molecule has 13 heavy (non-hydrogen) atoms. The van der Waals surface area contributed by atoms with E-state index in [1.807, 2.05) is 0 Å². The number of halogens is 1. The predicted octanol–water partition coefficient (Wildman–Crippen LogP) is -0.158. The van der Waals surface area contributed by atoms with Gasteiger partial charge in [-0.15, -0.1) is 0 Å². The summed E-state index contributed by atoms with van der Waals surface area (Å²) in [6.07, 6.45) is 0. The molecule has 4 nitrogen and oxygen atoms in total. The normalized spacial score (nSPS) is 11.7. The maximum atomic E-state index is 8.65. The van der Waals surface area contributed by atoms with Crippen molar-refractivity contribution in [3.05, 3.63) is 34.9 Å². The number of benzene rings is 1. The first-order chi connectivity index (χ1) is 5.97. The van der Waals surface area contributed by atoms with E-state index in [0.717, 1.165) is 5.56 Å². The highest BCUT2D eigenvalue weighted by atomic mass is 35.5. The highest BCUT2D eigenvalue weighted by molar-refractivity contribution is 6.53. The van der Waals surface area contributed by atoms with Crippen LogP contribution in [0.25, 0.3) is 0 Å². The minimum atomic E-state index is -4.14. The Morgan fingerprint density at radius 2 is 1.69 bits per heavy atom. The summed E-state index contributed by atoms with van der Waals surface area (Å²) in [5.41, 5.74) is 0.818. The molecule has 1 aromatic carbocycles. The van der Waals surface area contributed by atoms with E-state index in [4.69, 9.17) is 26.0 Å². The van der Waals surface area contributed by atoms with Gasteiger partial charge in [0.15, 0.2) is 0 Å². The molecule has 0 saturated heterocycles. The third-order valence-corrected chi connectivity index (χ3v) is 2.35. The SMILES string of the molecule is O[Si](O)(O)NCc1ccc(Cl)cc1. The zero-order chi connectivity index (χ0) is 9.90. The highest BCUT2D eigenvalue weighted by Crippen LogP contribution is 2.09. The molecule has 0 aromatic heterocycles. The van der Waals surface area contributed by atoms with Crippen molar-refractivity contribution in [1.29, 1.82) is 0 Å². The first-order valence-corrected chi connectivity index (χ1v) is 5.86. The lowest BCUT2D eigenvalue weighted by atomic mass is 10.2. The Hall–Kier alpha value is -0.433. The highest BCUT2D eigenvalue weighted by Gasteiger charge is 2.26. The fourth-order valence-electron chi connectivity index (χ4n) is 0.823. The molecule has 1 rings (SSSR count). The summed E-state index contributed by atoms with van der Waals surface area (Å²) in [4.78, 5) is 28.2. The molecule has 0 heterocycles. The van der Waals surface area contributed by atoms with Crippen molar-refractivity contribution in [3.8, 4) is 0 Å². The number of hydrogen-bond acceptors (Lipinski definition) is 4. The Balaban J connectivity index is 2.51. The molecule has 0 aliphatic carbocycles. The molecule has 0 amide bonds. The van der Waals surface area contributed by atoms with Crippen LogP contribution in [0.2, 0.25) is 5.02 Å². The second-order valence-corrected chi connectivity index (χ2v) is 4.68. The average Bonchev–Trinajstić information content (AvgIpc) is 2.02. The minimum absolute atomic E-state index is 0.201. The molecule has 0 saturated carbocycles. The van der Waals surface area contributed by atoms with Gasteiger partial charge >= 0.3 is 8.97 Å². The van der Waals surface area contributed by atoms with Gasteiger partial charge in [-0.1, -0.05) is 23.7 Å². The fraction of sp³-hybridized carbons (Fsp3) is 0.143. The van der Waals surface area contributed by atoms with Gasteiger partial charge in [0.1, 0.15) is 0 Å². The monoisotopic (exact) mass is 219 g/mol. The quantitative estimate of drug-likeness (QED) is 0.534. The van der Waals surface area contributed by atoms with Gasteiger partial charge in [0.25, 0.3) is 0 Å². The van der Waals surface area contributed by atoms with Crippen LogP contribution in [-0.4, -0.2) is 23.4 Å². The maximum absolute atomic E-state index is 8.65. The zero-order valence-corrected chi connectivity index (χ0v) is 8.49. The van der Waals surface area contributed by atoms with E-state index in [9.17, 15) is 0 Å². The molecule has 0 aliphatic heterocycles. The van der Waals surface area contributed by atoms with Crippen molar-refractivity contribution in [2.75, 3.05) is 0 Å². The molecular formula is C7H10ClNO3Si. The summed E-state index contributed by atoms with van der Waals surface area (Å²) in [5, 5.41) is 0.615. The molecule has 0 atom stereocenters. The third-order valence-electron chi connectivity index (χ3n) is 1.44. The predicted molar refractivity (Wildman–Crippen MR) is 50.7 cm³/mol. The van der Waals surface area contributed by atoms with Gasteiger partial charge in [-0.3, -0.25) is 4.98 Å². The van der Waals surface area contributed by atoms with Crippen LogP contribution in [0.15, 0.2) is 24.3 Å². The van der Waals surface area contributed by atoms with Gasteiger partial charge in [0.05, 0.1) is 0 Å². The summed E-state index contributed by atoms with van der Waals surface area (Å²) in [6, 6.07) is 6.84. The summed E-state index contributed by atoms with van der Waals surface area (Å²) >= 11 is 5.64. The van der Waals surface area contributed by atoms with Gasteiger partial charge in [0.2, 0.25) is 0 Å². The lowest BCUT2D eigenvalue weighted by Gasteiger charge is -2.10. The van der Waals surface area contributed by atoms with E-state index in [2.05, 4.69) is 4.98 Å². The summed E-state index contributed by atoms with van der Waals surface area (Å²) in [6.45, 7) is 0.201. The van der Waals surface area contributed by atoms with Crippen LogP contribution >= 0.6 is 11.6 Å². The molecule has 0 fully saturated rings. The van der Waals surface area contributed by atoms with Crippen LogP contribution < -0.4 is 4.98 Å². The van der Waals surface area contributed by atoms with Crippen LogP contribution in [-0.2, 0) is 6.54 Å². The molecule has 0 radical (unpaired) electrons. The van der Waals surface area contributed by atoms with E-state index < -0.39 is 8.97 Å². The van der Waals surface area contributed by atoms with Crippen LogP contribution in [0.3, 0.4) is 0 Å². The van der Waals surface area contributed by atoms with Crippen molar-refractivity contribution in [3.63, 3.8) is 0 Å². The summed E-state index contributed by atoms with van der Waals surface area (Å²) in [7, 11) is -4.14. The van der Waals surface area contributed by atoms with Gasteiger partial charge < -0.3 is 14.4 Å². The second kappa shape index (κ2) is 4.19. The van der Waals surface area contributed by atoms with Crippen LogP contribution in [0.1, 0.15) is 5.56 Å². The molecule has 6 heteroatoms. The topological polar surface area (TPSA) is 72.7 Å². The van der Waals surface area contributed by atoms with Gasteiger partial charge in [-0.05, 0) is 17.7 Å². The van der Waals surface area contributed by atoms with Crippen molar-refractivity contribution < 1.29 is 14.4 Å². The van der Waals surface area contributed by atoms with Gasteiger partial charge in [0, 0.05) is 11.6 Å². The molecular weight excluding hydrogens is 210 g/mol. The van der Waals surface area contributed by atoms with Crippen molar-refractivity contribution in [1.82, 2.24) is 4.98 Å². The molecule has 0 spiro atoms. The zero-order valence-electron chi connectivity index (χ0n) is 6.74. The van der Waals surface area contributed by atoms with Crippen LogP contribution in [0, 0.1) is 0 Å². The molecule has 72 valence electrons. The fourth-order valence-corrected chi connectivity index (χ4v) is 1.39. The maximum Gasteiger partial charge on any atom is 0.588 e. The Kier molecular flexibility index (Phi) is 3.43. The molecule has 1 aromatic rings. The Labute approximate surface area is 81.9 Å². The number of hydrogen-bond donors (Lipinski definition) is 4. The molecule has 0 aliphatic rings. The van der Waals surface area contributed by atoms with E-state index in [0.29, 0.717) is 5.02 Å². The molecule has 0 bridgehead atoms. The van der Waals surface area contributed by atoms with E-state index >= 15 is 0 Å². The number of rotatable bonds is 3. The number of nitrogens with one attached hydrogen (secondary N) is 1. The van der Waals surface area contributed by atoms with Gasteiger partial charge in [-0.25, -0.2) is 0 Å². The Morgan fingerprint density at radius 1 is 1.15 bits per heavy atom. The second-order valence-electron chi connectivity index (χ2n) is 2.62. The lowest BCUT2D eigenvalue weighted by molar-refractivity contribution is 0.208. The van der Waals surface area contributed by atoms with Crippen molar-refractivity contribution in [2.24, 2.45) is 0 Å². The first kappa shape index (κ1) is 10.6. The summed E-state index contributed by atoms with van der Waals surface area (Å²) in [5.74, 6) is 0. The molecule has 4 N–H and O–H groups in total. The van der Waals surface area contributed by atoms with Crippen LogP contribution in [0.5, 0.6) is 0 Å². The standard InChI is InChI=1S/C7H10ClNO3Si/c8-7-3-1-6(2-4-7)5-9-13(10,11)12/h1-4,9-12H,5H2. The first-order valence-electron chi connectivity index (χ1n) is 3.64. The average molecular weight is 220 g/mol. The third kappa shape index (κ3) is 4.37. The minimum Gasteiger partial charge on any atom is -0.377 e.